The zero-order chi connectivity index (χ0) is 16.8. The molecule has 0 heterocycles. The predicted molar refractivity (Wildman–Crippen MR) is 90.6 cm³/mol. The lowest BCUT2D eigenvalue weighted by Gasteiger charge is -2.07. The highest BCUT2D eigenvalue weighted by Crippen LogP contribution is 2.26. The molecule has 2 aromatic rings. The van der Waals surface area contributed by atoms with Crippen molar-refractivity contribution in [1.82, 2.24) is 0 Å². The van der Waals surface area contributed by atoms with E-state index in [0.29, 0.717) is 22.8 Å². The van der Waals surface area contributed by atoms with E-state index < -0.39 is 0 Å². The molecule has 0 aromatic heterocycles. The lowest BCUT2D eigenvalue weighted by Crippen LogP contribution is -1.97. The number of rotatable bonds is 6. The molecule has 0 bridgehead atoms. The normalized spacial score (nSPS) is 10.6. The number of methoxy groups -OCH3 is 3. The van der Waals surface area contributed by atoms with Crippen molar-refractivity contribution in [2.75, 3.05) is 21.3 Å². The van der Waals surface area contributed by atoms with E-state index in [4.69, 9.17) is 14.2 Å². The number of ketones is 1. The Balaban J connectivity index is 2.26. The molecular formula is C19H20O4. The first-order valence-electron chi connectivity index (χ1n) is 7.17. The third-order valence-electron chi connectivity index (χ3n) is 3.43. The first kappa shape index (κ1) is 16.6. The minimum absolute atomic E-state index is 0.0927. The van der Waals surface area contributed by atoms with Crippen molar-refractivity contribution in [1.29, 1.82) is 0 Å². The quantitative estimate of drug-likeness (QED) is 0.599. The summed E-state index contributed by atoms with van der Waals surface area (Å²) < 4.78 is 15.7. The van der Waals surface area contributed by atoms with E-state index in [0.717, 1.165) is 11.1 Å². The molecule has 23 heavy (non-hydrogen) atoms. The molecule has 0 aliphatic carbocycles. The Kier molecular flexibility index (Phi) is 5.41. The topological polar surface area (TPSA) is 44.8 Å². The minimum atomic E-state index is -0.0927. The zero-order valence-corrected chi connectivity index (χ0v) is 13.8. The third-order valence-corrected chi connectivity index (χ3v) is 3.43. The molecule has 0 N–H and O–H groups in total. The van der Waals surface area contributed by atoms with E-state index in [-0.39, 0.29) is 5.78 Å². The number of hydrogen-bond acceptors (Lipinski definition) is 4. The summed E-state index contributed by atoms with van der Waals surface area (Å²) >= 11 is 0. The van der Waals surface area contributed by atoms with Gasteiger partial charge < -0.3 is 14.2 Å². The van der Waals surface area contributed by atoms with E-state index in [1.54, 1.807) is 39.5 Å². The van der Waals surface area contributed by atoms with Gasteiger partial charge in [0.15, 0.2) is 5.78 Å². The summed E-state index contributed by atoms with van der Waals surface area (Å²) in [5.41, 5.74) is 2.37. The molecule has 0 saturated heterocycles. The number of ether oxygens (including phenoxy) is 3. The Labute approximate surface area is 136 Å². The zero-order valence-electron chi connectivity index (χ0n) is 13.8. The van der Waals surface area contributed by atoms with Crippen LogP contribution < -0.4 is 14.2 Å². The highest BCUT2D eigenvalue weighted by atomic mass is 16.5. The molecule has 0 fully saturated rings. The molecule has 0 aliphatic heterocycles. The Morgan fingerprint density at radius 3 is 2.30 bits per heavy atom. The summed E-state index contributed by atoms with van der Waals surface area (Å²) in [5, 5.41) is 0. The van der Waals surface area contributed by atoms with Crippen LogP contribution in [-0.4, -0.2) is 27.1 Å². The van der Waals surface area contributed by atoms with E-state index in [2.05, 4.69) is 0 Å². The van der Waals surface area contributed by atoms with Crippen LogP contribution in [0.1, 0.15) is 21.5 Å². The summed E-state index contributed by atoms with van der Waals surface area (Å²) in [5.74, 6) is 1.93. The first-order chi connectivity index (χ1) is 11.1. The molecule has 0 unspecified atom stereocenters. The molecule has 2 aromatic carbocycles. The summed E-state index contributed by atoms with van der Waals surface area (Å²) in [6.07, 6.45) is 3.26. The molecule has 4 heteroatoms. The van der Waals surface area contributed by atoms with Gasteiger partial charge in [0.2, 0.25) is 0 Å². The van der Waals surface area contributed by atoms with Gasteiger partial charge in [0, 0.05) is 17.2 Å². The second-order valence-corrected chi connectivity index (χ2v) is 5.04. The smallest absolute Gasteiger partial charge is 0.185 e. The summed E-state index contributed by atoms with van der Waals surface area (Å²) in [7, 11) is 4.76. The van der Waals surface area contributed by atoms with Crippen molar-refractivity contribution in [2.24, 2.45) is 0 Å². The SMILES string of the molecule is COc1cc(C)cc(C(=O)/C=C/c2ccc(OC)cc2OC)c1. The van der Waals surface area contributed by atoms with Crippen LogP contribution >= 0.6 is 0 Å². The number of allylic oxidation sites excluding steroid dienone is 1. The van der Waals surface area contributed by atoms with E-state index >= 15 is 0 Å². The van der Waals surface area contributed by atoms with Crippen molar-refractivity contribution in [3.8, 4) is 17.2 Å². The average Bonchev–Trinajstić information content (AvgIpc) is 2.58. The van der Waals surface area contributed by atoms with Gasteiger partial charge in [-0.1, -0.05) is 0 Å². The van der Waals surface area contributed by atoms with E-state index in [1.807, 2.05) is 31.2 Å². The second-order valence-electron chi connectivity index (χ2n) is 5.04. The monoisotopic (exact) mass is 312 g/mol. The molecule has 120 valence electrons. The molecule has 0 aliphatic rings. The van der Waals surface area contributed by atoms with Crippen LogP contribution in [0, 0.1) is 6.92 Å². The van der Waals surface area contributed by atoms with Crippen molar-refractivity contribution in [2.45, 2.75) is 6.92 Å². The van der Waals surface area contributed by atoms with Crippen LogP contribution in [0.5, 0.6) is 17.2 Å². The van der Waals surface area contributed by atoms with Crippen LogP contribution in [0.2, 0.25) is 0 Å². The van der Waals surface area contributed by atoms with Gasteiger partial charge in [-0.05, 0) is 55.0 Å². The van der Waals surface area contributed by atoms with Gasteiger partial charge in [-0.15, -0.1) is 0 Å². The van der Waals surface area contributed by atoms with Crippen LogP contribution in [0.4, 0.5) is 0 Å². The van der Waals surface area contributed by atoms with Crippen LogP contribution in [0.3, 0.4) is 0 Å². The van der Waals surface area contributed by atoms with Crippen LogP contribution in [0.25, 0.3) is 6.08 Å². The summed E-state index contributed by atoms with van der Waals surface area (Å²) in [4.78, 5) is 12.4. The first-order valence-corrected chi connectivity index (χ1v) is 7.17. The van der Waals surface area contributed by atoms with Gasteiger partial charge in [0.1, 0.15) is 17.2 Å². The van der Waals surface area contributed by atoms with Crippen molar-refractivity contribution >= 4 is 11.9 Å². The van der Waals surface area contributed by atoms with Crippen molar-refractivity contribution in [3.05, 3.63) is 59.2 Å². The molecule has 0 spiro atoms. The highest BCUT2D eigenvalue weighted by molar-refractivity contribution is 6.07. The summed E-state index contributed by atoms with van der Waals surface area (Å²) in [6.45, 7) is 1.93. The van der Waals surface area contributed by atoms with Crippen molar-refractivity contribution in [3.63, 3.8) is 0 Å². The molecule has 0 amide bonds. The van der Waals surface area contributed by atoms with E-state index in [1.165, 1.54) is 6.08 Å². The average molecular weight is 312 g/mol. The van der Waals surface area contributed by atoms with Gasteiger partial charge in [-0.3, -0.25) is 4.79 Å². The maximum Gasteiger partial charge on any atom is 0.185 e. The maximum absolute atomic E-state index is 12.4. The molecule has 4 nitrogen and oxygen atoms in total. The number of hydrogen-bond donors (Lipinski definition) is 0. The Hall–Kier alpha value is -2.75. The highest BCUT2D eigenvalue weighted by Gasteiger charge is 2.07. The standard InChI is InChI=1S/C19H20O4/c1-13-9-15(11-17(10-13)22-3)18(20)8-6-14-5-7-16(21-2)12-19(14)23-4/h5-12H,1-4H3/b8-6+. The largest absolute Gasteiger partial charge is 0.497 e. The van der Waals surface area contributed by atoms with Gasteiger partial charge in [-0.2, -0.15) is 0 Å². The predicted octanol–water partition coefficient (Wildman–Crippen LogP) is 3.92. The van der Waals surface area contributed by atoms with Gasteiger partial charge in [0.05, 0.1) is 21.3 Å². The summed E-state index contributed by atoms with van der Waals surface area (Å²) in [6, 6.07) is 10.9. The minimum Gasteiger partial charge on any atom is -0.497 e. The Morgan fingerprint density at radius 1 is 0.913 bits per heavy atom. The Bertz CT molecular complexity index is 732. The van der Waals surface area contributed by atoms with Gasteiger partial charge in [0.25, 0.3) is 0 Å². The van der Waals surface area contributed by atoms with Gasteiger partial charge in [-0.25, -0.2) is 0 Å². The van der Waals surface area contributed by atoms with E-state index in [9.17, 15) is 4.79 Å². The second kappa shape index (κ2) is 7.49. The molecule has 0 atom stereocenters. The van der Waals surface area contributed by atoms with Gasteiger partial charge >= 0.3 is 0 Å². The van der Waals surface area contributed by atoms with Crippen LogP contribution in [0.15, 0.2) is 42.5 Å². The fourth-order valence-electron chi connectivity index (χ4n) is 2.23. The number of benzene rings is 2. The lowest BCUT2D eigenvalue weighted by atomic mass is 10.1. The molecule has 2 rings (SSSR count). The number of carbonyl (C=O) groups excluding carboxylic acids is 1. The Morgan fingerprint density at radius 2 is 1.65 bits per heavy atom. The van der Waals surface area contributed by atoms with Crippen LogP contribution in [-0.2, 0) is 0 Å². The fourth-order valence-corrected chi connectivity index (χ4v) is 2.23. The third kappa shape index (κ3) is 4.13. The maximum atomic E-state index is 12.4. The fraction of sp³-hybridized carbons (Fsp3) is 0.211. The number of aryl methyl sites for hydroxylation is 1. The molecule has 0 radical (unpaired) electrons. The molecule has 0 saturated carbocycles. The lowest BCUT2D eigenvalue weighted by molar-refractivity contribution is 0.104. The number of carbonyl (C=O) groups is 1. The van der Waals surface area contributed by atoms with Crippen molar-refractivity contribution < 1.29 is 19.0 Å². The molecular weight excluding hydrogens is 292 g/mol.